The van der Waals surface area contributed by atoms with Crippen molar-refractivity contribution in [1.82, 2.24) is 0 Å². The number of unbranched alkanes of at least 4 members (excludes halogenated alkanes) is 16. The zero-order valence-electron chi connectivity index (χ0n) is 25.7. The van der Waals surface area contributed by atoms with Crippen molar-refractivity contribution in [1.29, 1.82) is 0 Å². The van der Waals surface area contributed by atoms with Crippen molar-refractivity contribution in [3.05, 3.63) is 54.6 Å². The summed E-state index contributed by atoms with van der Waals surface area (Å²) in [7, 11) is 0. The Kier molecular flexibility index (Phi) is 17.6. The molecule has 0 fully saturated rings. The van der Waals surface area contributed by atoms with E-state index in [1.54, 1.807) is 0 Å². The molecule has 2 aromatic rings. The van der Waals surface area contributed by atoms with Gasteiger partial charge in [0.05, 0.1) is 5.41 Å². The van der Waals surface area contributed by atoms with Crippen molar-refractivity contribution >= 4 is 5.97 Å². The third kappa shape index (κ3) is 14.2. The fourth-order valence-electron chi connectivity index (χ4n) is 5.56. The lowest BCUT2D eigenvalue weighted by Crippen LogP contribution is -2.32. The second-order valence-corrected chi connectivity index (χ2v) is 12.0. The predicted octanol–water partition coefficient (Wildman–Crippen LogP) is 12.1. The highest BCUT2D eigenvalue weighted by molar-refractivity contribution is 5.79. The number of hydrogen-bond donors (Lipinski definition) is 0. The number of rotatable bonds is 23. The fraction of sp³-hybridized carbons (Fsp3) is 0.649. The van der Waals surface area contributed by atoms with E-state index in [-0.39, 0.29) is 5.97 Å². The summed E-state index contributed by atoms with van der Waals surface area (Å²) in [5, 5.41) is 0. The van der Waals surface area contributed by atoms with Gasteiger partial charge in [0.1, 0.15) is 5.75 Å². The van der Waals surface area contributed by atoms with Crippen LogP contribution >= 0.6 is 0 Å². The van der Waals surface area contributed by atoms with E-state index in [1.807, 2.05) is 30.3 Å². The minimum absolute atomic E-state index is 0.0474. The van der Waals surface area contributed by atoms with Crippen LogP contribution in [0, 0.1) is 5.41 Å². The Labute approximate surface area is 241 Å². The topological polar surface area (TPSA) is 26.3 Å². The van der Waals surface area contributed by atoms with Crippen LogP contribution in [0.2, 0.25) is 0 Å². The Morgan fingerprint density at radius 3 is 1.36 bits per heavy atom. The second kappa shape index (κ2) is 20.8. The van der Waals surface area contributed by atoms with E-state index in [0.717, 1.165) is 31.2 Å². The molecule has 2 nitrogen and oxygen atoms in total. The molecule has 2 rings (SSSR count). The molecule has 0 radical (unpaired) electrons. The number of ether oxygens (including phenoxy) is 1. The molecular formula is C37H58O2. The fourth-order valence-corrected chi connectivity index (χ4v) is 5.56. The van der Waals surface area contributed by atoms with Gasteiger partial charge in [-0.1, -0.05) is 172 Å². The highest BCUT2D eigenvalue weighted by atomic mass is 16.5. The van der Waals surface area contributed by atoms with Gasteiger partial charge in [-0.2, -0.15) is 0 Å². The van der Waals surface area contributed by atoms with E-state index in [9.17, 15) is 4.79 Å². The molecule has 0 spiro atoms. The Morgan fingerprint density at radius 1 is 0.538 bits per heavy atom. The van der Waals surface area contributed by atoms with Crippen molar-refractivity contribution in [2.75, 3.05) is 0 Å². The maximum Gasteiger partial charge on any atom is 0.317 e. The van der Waals surface area contributed by atoms with Crippen molar-refractivity contribution in [3.63, 3.8) is 0 Å². The highest BCUT2D eigenvalue weighted by Gasteiger charge is 2.34. The Balaban J connectivity index is 1.83. The third-order valence-corrected chi connectivity index (χ3v) is 8.33. The summed E-state index contributed by atoms with van der Waals surface area (Å²) in [5.74, 6) is 0.610. The molecular weight excluding hydrogens is 476 g/mol. The van der Waals surface area contributed by atoms with Crippen molar-refractivity contribution in [3.8, 4) is 16.9 Å². The summed E-state index contributed by atoms with van der Waals surface area (Å²) in [6.45, 7) is 6.70. The lowest BCUT2D eigenvalue weighted by molar-refractivity contribution is -0.146. The van der Waals surface area contributed by atoms with Gasteiger partial charge < -0.3 is 4.74 Å². The molecule has 39 heavy (non-hydrogen) atoms. The van der Waals surface area contributed by atoms with E-state index in [4.69, 9.17) is 4.74 Å². The minimum atomic E-state index is -0.402. The van der Waals surface area contributed by atoms with Crippen LogP contribution in [0.15, 0.2) is 54.6 Å². The van der Waals surface area contributed by atoms with Crippen molar-refractivity contribution in [2.24, 2.45) is 5.41 Å². The standard InChI is InChI=1S/C37H58O2/c1-4-6-8-10-12-14-15-17-19-24-32-37(3,31-23-18-16-13-11-9-7-5-2)36(38)39-35-29-27-34(28-30-35)33-25-21-20-22-26-33/h20-22,25-30H,4-19,23-24,31-32H2,1-3H3. The quantitative estimate of drug-likeness (QED) is 0.0805. The Morgan fingerprint density at radius 2 is 0.923 bits per heavy atom. The van der Waals surface area contributed by atoms with Gasteiger partial charge >= 0.3 is 5.97 Å². The molecule has 0 aliphatic rings. The smallest absolute Gasteiger partial charge is 0.317 e. The summed E-state index contributed by atoms with van der Waals surface area (Å²) in [6, 6.07) is 18.3. The first-order valence-electron chi connectivity index (χ1n) is 16.5. The van der Waals surface area contributed by atoms with Gasteiger partial charge in [0.25, 0.3) is 0 Å². The van der Waals surface area contributed by atoms with Gasteiger partial charge in [0.15, 0.2) is 0 Å². The SMILES string of the molecule is CCCCCCCCCCCCC(C)(CCCCCCCCCC)C(=O)Oc1ccc(-c2ccccc2)cc1. The highest BCUT2D eigenvalue weighted by Crippen LogP contribution is 2.34. The van der Waals surface area contributed by atoms with Crippen LogP contribution < -0.4 is 4.74 Å². The first-order valence-corrected chi connectivity index (χ1v) is 16.5. The molecule has 218 valence electrons. The van der Waals surface area contributed by atoms with Gasteiger partial charge in [-0.3, -0.25) is 4.79 Å². The number of hydrogen-bond acceptors (Lipinski definition) is 2. The maximum atomic E-state index is 13.5. The van der Waals surface area contributed by atoms with E-state index >= 15 is 0 Å². The molecule has 0 aromatic heterocycles. The normalized spacial score (nSPS) is 12.8. The van der Waals surface area contributed by atoms with Crippen LogP contribution in [0.4, 0.5) is 0 Å². The van der Waals surface area contributed by atoms with Crippen LogP contribution in [-0.2, 0) is 4.79 Å². The van der Waals surface area contributed by atoms with E-state index in [0.29, 0.717) is 5.75 Å². The summed E-state index contributed by atoms with van der Waals surface area (Å²) < 4.78 is 6.00. The molecule has 1 unspecified atom stereocenters. The van der Waals surface area contributed by atoms with Crippen LogP contribution in [-0.4, -0.2) is 5.97 Å². The summed E-state index contributed by atoms with van der Waals surface area (Å²) in [5.41, 5.74) is 1.92. The molecule has 0 aliphatic heterocycles. The molecule has 0 aliphatic carbocycles. The first-order chi connectivity index (χ1) is 19.1. The van der Waals surface area contributed by atoms with Crippen LogP contribution in [0.3, 0.4) is 0 Å². The largest absolute Gasteiger partial charge is 0.426 e. The van der Waals surface area contributed by atoms with Gasteiger partial charge in [-0.15, -0.1) is 0 Å². The monoisotopic (exact) mass is 534 g/mol. The Bertz CT molecular complexity index is 857. The van der Waals surface area contributed by atoms with Gasteiger partial charge in [0, 0.05) is 0 Å². The zero-order valence-corrected chi connectivity index (χ0v) is 25.7. The Hall–Kier alpha value is -2.09. The molecule has 0 amide bonds. The molecule has 2 aromatic carbocycles. The maximum absolute atomic E-state index is 13.5. The molecule has 2 heteroatoms. The van der Waals surface area contributed by atoms with Crippen molar-refractivity contribution in [2.45, 2.75) is 149 Å². The molecule has 0 heterocycles. The summed E-state index contributed by atoms with van der Waals surface area (Å²) in [4.78, 5) is 13.5. The predicted molar refractivity (Wildman–Crippen MR) is 169 cm³/mol. The lowest BCUT2D eigenvalue weighted by Gasteiger charge is -2.27. The number of benzene rings is 2. The summed E-state index contributed by atoms with van der Waals surface area (Å²) >= 11 is 0. The number of esters is 1. The lowest BCUT2D eigenvalue weighted by atomic mass is 9.79. The van der Waals surface area contributed by atoms with E-state index in [2.05, 4.69) is 45.0 Å². The first kappa shape index (κ1) is 33.1. The molecule has 0 saturated heterocycles. The summed E-state index contributed by atoms with van der Waals surface area (Å²) in [6.07, 6.45) is 25.4. The third-order valence-electron chi connectivity index (χ3n) is 8.33. The van der Waals surface area contributed by atoms with Crippen LogP contribution in [0.25, 0.3) is 11.1 Å². The zero-order chi connectivity index (χ0) is 28.0. The number of carbonyl (C=O) groups excluding carboxylic acids is 1. The van der Waals surface area contributed by atoms with Crippen LogP contribution in [0.5, 0.6) is 5.75 Å². The van der Waals surface area contributed by atoms with Gasteiger partial charge in [0.2, 0.25) is 0 Å². The van der Waals surface area contributed by atoms with Gasteiger partial charge in [-0.05, 0) is 43.0 Å². The minimum Gasteiger partial charge on any atom is -0.426 e. The van der Waals surface area contributed by atoms with Crippen molar-refractivity contribution < 1.29 is 9.53 Å². The molecule has 0 saturated carbocycles. The van der Waals surface area contributed by atoms with Crippen LogP contribution in [0.1, 0.15) is 149 Å². The number of carbonyl (C=O) groups is 1. The van der Waals surface area contributed by atoms with E-state index < -0.39 is 5.41 Å². The average Bonchev–Trinajstić information content (AvgIpc) is 2.96. The second-order valence-electron chi connectivity index (χ2n) is 12.0. The molecule has 0 bridgehead atoms. The van der Waals surface area contributed by atoms with Gasteiger partial charge in [-0.25, -0.2) is 0 Å². The van der Waals surface area contributed by atoms with E-state index in [1.165, 1.54) is 108 Å². The molecule has 0 N–H and O–H groups in total. The average molecular weight is 535 g/mol. The molecule has 1 atom stereocenters.